The highest BCUT2D eigenvalue weighted by atomic mass is 16.5. The Morgan fingerprint density at radius 1 is 1.19 bits per heavy atom. The largest absolute Gasteiger partial charge is 0.461 e. The van der Waals surface area contributed by atoms with Gasteiger partial charge in [-0.05, 0) is 30.7 Å². The number of likely N-dealkylation sites (N-methyl/N-ethyl adjacent to an activating group) is 1. The van der Waals surface area contributed by atoms with Crippen LogP contribution >= 0.6 is 0 Å². The Kier molecular flexibility index (Phi) is 4.04. The molecule has 3 heterocycles. The van der Waals surface area contributed by atoms with Gasteiger partial charge in [-0.2, -0.15) is 0 Å². The molecule has 0 bridgehead atoms. The monoisotopic (exact) mass is 351 g/mol. The van der Waals surface area contributed by atoms with E-state index in [1.54, 1.807) is 24.1 Å². The zero-order valence-electron chi connectivity index (χ0n) is 14.2. The lowest BCUT2D eigenvalue weighted by Crippen LogP contribution is -2.43. The summed E-state index contributed by atoms with van der Waals surface area (Å²) in [4.78, 5) is 28.6. The Hall–Kier alpha value is -3.35. The van der Waals surface area contributed by atoms with Crippen molar-refractivity contribution in [2.45, 2.75) is 12.5 Å². The lowest BCUT2D eigenvalue weighted by atomic mass is 10.2. The number of furan rings is 1. The van der Waals surface area contributed by atoms with Gasteiger partial charge in [0.2, 0.25) is 11.7 Å². The minimum absolute atomic E-state index is 0.0956. The number of carbonyl (C=O) groups is 2. The molecule has 1 aromatic carbocycles. The van der Waals surface area contributed by atoms with E-state index in [0.29, 0.717) is 24.5 Å². The third kappa shape index (κ3) is 2.77. The molecule has 1 saturated heterocycles. The van der Waals surface area contributed by atoms with Gasteiger partial charge in [0, 0.05) is 25.3 Å². The molecule has 7 heteroatoms. The lowest BCUT2D eigenvalue weighted by molar-refractivity contribution is -0.120. The van der Waals surface area contributed by atoms with Crippen molar-refractivity contribution < 1.29 is 18.5 Å². The van der Waals surface area contributed by atoms with Gasteiger partial charge in [0.25, 0.3) is 5.91 Å². The van der Waals surface area contributed by atoms with Gasteiger partial charge in [-0.1, -0.05) is 23.4 Å². The second-order valence-electron chi connectivity index (χ2n) is 6.10. The van der Waals surface area contributed by atoms with Crippen molar-refractivity contribution in [3.63, 3.8) is 0 Å². The summed E-state index contributed by atoms with van der Waals surface area (Å²) < 4.78 is 10.4. The first-order chi connectivity index (χ1) is 12.6. The van der Waals surface area contributed by atoms with Gasteiger partial charge in [0.15, 0.2) is 11.5 Å². The number of nitrogens with zero attached hydrogens (tertiary/aromatic N) is 3. The maximum atomic E-state index is 12.7. The zero-order valence-corrected chi connectivity index (χ0v) is 14.2. The molecule has 1 fully saturated rings. The van der Waals surface area contributed by atoms with Crippen molar-refractivity contribution in [1.29, 1.82) is 0 Å². The molecule has 1 atom stereocenters. The number of carbonyl (C=O) groups excluding carboxylic acids is 2. The number of benzene rings is 1. The van der Waals surface area contributed by atoms with Crippen LogP contribution in [0.25, 0.3) is 11.5 Å². The van der Waals surface area contributed by atoms with Crippen LogP contribution in [0.3, 0.4) is 0 Å². The van der Waals surface area contributed by atoms with E-state index >= 15 is 0 Å². The fraction of sp³-hybridized carbons (Fsp3) is 0.211. The molecule has 0 saturated carbocycles. The first kappa shape index (κ1) is 16.1. The van der Waals surface area contributed by atoms with Crippen molar-refractivity contribution in [2.24, 2.45) is 0 Å². The summed E-state index contributed by atoms with van der Waals surface area (Å²) in [7, 11) is 1.61. The first-order valence-electron chi connectivity index (χ1n) is 8.29. The Morgan fingerprint density at radius 3 is 2.73 bits per heavy atom. The van der Waals surface area contributed by atoms with Crippen LogP contribution in [0.2, 0.25) is 0 Å². The van der Waals surface area contributed by atoms with Gasteiger partial charge in [-0.3, -0.25) is 9.59 Å². The molecule has 3 aromatic rings. The van der Waals surface area contributed by atoms with Crippen molar-refractivity contribution in [1.82, 2.24) is 10.1 Å². The molecule has 0 N–H and O–H groups in total. The number of hydrogen-bond donors (Lipinski definition) is 0. The average molecular weight is 351 g/mol. The maximum absolute atomic E-state index is 12.7. The van der Waals surface area contributed by atoms with E-state index in [1.807, 2.05) is 30.3 Å². The molecule has 132 valence electrons. The zero-order chi connectivity index (χ0) is 18.1. The number of anilines is 1. The quantitative estimate of drug-likeness (QED) is 0.722. The maximum Gasteiger partial charge on any atom is 0.276 e. The predicted molar refractivity (Wildman–Crippen MR) is 93.5 cm³/mol. The minimum atomic E-state index is -0.522. The number of hydrogen-bond acceptors (Lipinski definition) is 5. The summed E-state index contributed by atoms with van der Waals surface area (Å²) in [5.41, 5.74) is 0.979. The van der Waals surface area contributed by atoms with E-state index in [-0.39, 0.29) is 17.5 Å². The second kappa shape index (κ2) is 6.51. The van der Waals surface area contributed by atoms with E-state index in [2.05, 4.69) is 5.16 Å². The molecule has 26 heavy (non-hydrogen) atoms. The van der Waals surface area contributed by atoms with Gasteiger partial charge in [0.05, 0.1) is 6.26 Å². The van der Waals surface area contributed by atoms with Gasteiger partial charge < -0.3 is 18.7 Å². The molecule has 4 rings (SSSR count). The van der Waals surface area contributed by atoms with Gasteiger partial charge >= 0.3 is 0 Å². The Balaban J connectivity index is 1.50. The molecule has 2 amide bonds. The highest BCUT2D eigenvalue weighted by Gasteiger charge is 2.38. The van der Waals surface area contributed by atoms with Crippen LogP contribution in [0, 0.1) is 0 Å². The van der Waals surface area contributed by atoms with Crippen LogP contribution < -0.4 is 4.90 Å². The molecule has 1 aliphatic heterocycles. The smallest absolute Gasteiger partial charge is 0.276 e. The molecule has 0 spiro atoms. The first-order valence-corrected chi connectivity index (χ1v) is 8.29. The van der Waals surface area contributed by atoms with Crippen LogP contribution in [0.4, 0.5) is 5.69 Å². The van der Waals surface area contributed by atoms with Gasteiger partial charge in [0.1, 0.15) is 6.04 Å². The summed E-state index contributed by atoms with van der Waals surface area (Å²) in [6.45, 7) is 0.571. The summed E-state index contributed by atoms with van der Waals surface area (Å²) in [5, 5.41) is 3.82. The Morgan fingerprint density at radius 2 is 2.00 bits per heavy atom. The molecule has 2 aromatic heterocycles. The van der Waals surface area contributed by atoms with Crippen LogP contribution in [0.15, 0.2) is 63.7 Å². The second-order valence-corrected chi connectivity index (χ2v) is 6.10. The number of amides is 2. The summed E-state index contributed by atoms with van der Waals surface area (Å²) in [5.74, 6) is 0.406. The van der Waals surface area contributed by atoms with E-state index in [4.69, 9.17) is 8.94 Å². The standard InChI is InChI=1S/C19H17N3O4/c1-21(15-9-10-22(19(15)24)13-6-3-2-4-7-13)18(23)14-12-17(26-20-14)16-8-5-11-25-16/h2-8,11-12,15H,9-10H2,1H3. The molecular weight excluding hydrogens is 334 g/mol. The minimum Gasteiger partial charge on any atom is -0.461 e. The van der Waals surface area contributed by atoms with Crippen LogP contribution in [-0.2, 0) is 4.79 Å². The average Bonchev–Trinajstić information content (AvgIpc) is 3.41. The van der Waals surface area contributed by atoms with Gasteiger partial charge in [-0.15, -0.1) is 0 Å². The van der Waals surface area contributed by atoms with Crippen molar-refractivity contribution >= 4 is 17.5 Å². The fourth-order valence-corrected chi connectivity index (χ4v) is 3.12. The van der Waals surface area contributed by atoms with E-state index in [9.17, 15) is 9.59 Å². The van der Waals surface area contributed by atoms with E-state index in [0.717, 1.165) is 5.69 Å². The molecule has 0 radical (unpaired) electrons. The highest BCUT2D eigenvalue weighted by Crippen LogP contribution is 2.25. The van der Waals surface area contributed by atoms with E-state index in [1.165, 1.54) is 17.2 Å². The normalized spacial score (nSPS) is 16.9. The van der Waals surface area contributed by atoms with Crippen LogP contribution in [0.5, 0.6) is 0 Å². The third-order valence-corrected chi connectivity index (χ3v) is 4.53. The molecular formula is C19H17N3O4. The van der Waals surface area contributed by atoms with Crippen LogP contribution in [-0.4, -0.2) is 41.5 Å². The van der Waals surface area contributed by atoms with Crippen molar-refractivity contribution in [3.05, 3.63) is 60.5 Å². The Bertz CT molecular complexity index is 917. The fourth-order valence-electron chi connectivity index (χ4n) is 3.12. The Labute approximate surface area is 149 Å². The summed E-state index contributed by atoms with van der Waals surface area (Å²) in [6, 6.07) is 13.9. The molecule has 0 aliphatic carbocycles. The van der Waals surface area contributed by atoms with Gasteiger partial charge in [-0.25, -0.2) is 0 Å². The predicted octanol–water partition coefficient (Wildman–Crippen LogP) is 2.81. The summed E-state index contributed by atoms with van der Waals surface area (Å²) in [6.07, 6.45) is 2.08. The summed E-state index contributed by atoms with van der Waals surface area (Å²) >= 11 is 0. The van der Waals surface area contributed by atoms with E-state index < -0.39 is 6.04 Å². The van der Waals surface area contributed by atoms with Crippen LogP contribution in [0.1, 0.15) is 16.9 Å². The SMILES string of the molecule is CN(C(=O)c1cc(-c2ccco2)on1)C1CCN(c2ccccc2)C1=O. The number of aromatic nitrogens is 1. The topological polar surface area (TPSA) is 79.8 Å². The number of para-hydroxylation sites is 1. The third-order valence-electron chi connectivity index (χ3n) is 4.53. The van der Waals surface area contributed by atoms with Crippen molar-refractivity contribution in [3.8, 4) is 11.5 Å². The molecule has 1 aliphatic rings. The van der Waals surface area contributed by atoms with Crippen molar-refractivity contribution in [2.75, 3.05) is 18.5 Å². The lowest BCUT2D eigenvalue weighted by Gasteiger charge is -2.23. The highest BCUT2D eigenvalue weighted by molar-refractivity contribution is 6.03. The molecule has 7 nitrogen and oxygen atoms in total. The number of rotatable bonds is 4. The molecule has 1 unspecified atom stereocenters.